The minimum Gasteiger partial charge on any atom is -0.376 e. The highest BCUT2D eigenvalue weighted by molar-refractivity contribution is 5.09. The lowest BCUT2D eigenvalue weighted by atomic mass is 9.93. The zero-order chi connectivity index (χ0) is 11.1. The highest BCUT2D eigenvalue weighted by Crippen LogP contribution is 2.34. The number of ether oxygens (including phenoxy) is 1. The summed E-state index contributed by atoms with van der Waals surface area (Å²) in [5.74, 6) is 0. The van der Waals surface area contributed by atoms with E-state index in [9.17, 15) is 0 Å². The standard InChI is InChI=1S/C11H19N3O/c1-8(12)10-6-13-7-14(10)11(3)4-5-15-9(11)2/h6-9H,4-5,12H2,1-3H3/t8-,9?,11?/m0/s1. The summed E-state index contributed by atoms with van der Waals surface area (Å²) in [5, 5.41) is 0. The van der Waals surface area contributed by atoms with Crippen molar-refractivity contribution in [2.24, 2.45) is 5.73 Å². The van der Waals surface area contributed by atoms with Gasteiger partial charge in [0.1, 0.15) is 0 Å². The highest BCUT2D eigenvalue weighted by Gasteiger charge is 2.39. The van der Waals surface area contributed by atoms with Crippen LogP contribution in [0.15, 0.2) is 12.5 Å². The predicted octanol–water partition coefficient (Wildman–Crippen LogP) is 1.43. The van der Waals surface area contributed by atoms with Crippen LogP contribution in [0.5, 0.6) is 0 Å². The van der Waals surface area contributed by atoms with Gasteiger partial charge in [-0.1, -0.05) is 0 Å². The average molecular weight is 209 g/mol. The van der Waals surface area contributed by atoms with Crippen molar-refractivity contribution in [3.8, 4) is 0 Å². The van der Waals surface area contributed by atoms with E-state index < -0.39 is 0 Å². The van der Waals surface area contributed by atoms with Gasteiger partial charge in [-0.3, -0.25) is 0 Å². The van der Waals surface area contributed by atoms with Crippen molar-refractivity contribution in [1.29, 1.82) is 0 Å². The molecule has 84 valence electrons. The molecule has 0 aliphatic carbocycles. The van der Waals surface area contributed by atoms with Gasteiger partial charge in [0.25, 0.3) is 0 Å². The van der Waals surface area contributed by atoms with E-state index in [1.807, 2.05) is 19.4 Å². The topological polar surface area (TPSA) is 53.1 Å². The third-order valence-corrected chi connectivity index (χ3v) is 3.54. The van der Waals surface area contributed by atoms with Crippen LogP contribution >= 0.6 is 0 Å². The van der Waals surface area contributed by atoms with E-state index in [2.05, 4.69) is 23.4 Å². The summed E-state index contributed by atoms with van der Waals surface area (Å²) in [5.41, 5.74) is 7.01. The van der Waals surface area contributed by atoms with Gasteiger partial charge in [-0.15, -0.1) is 0 Å². The van der Waals surface area contributed by atoms with Crippen molar-refractivity contribution in [3.63, 3.8) is 0 Å². The summed E-state index contributed by atoms with van der Waals surface area (Å²) in [6.45, 7) is 7.11. The van der Waals surface area contributed by atoms with Crippen LogP contribution in [0.25, 0.3) is 0 Å². The van der Waals surface area contributed by atoms with E-state index in [0.29, 0.717) is 0 Å². The van der Waals surface area contributed by atoms with Crippen molar-refractivity contribution in [3.05, 3.63) is 18.2 Å². The zero-order valence-corrected chi connectivity index (χ0v) is 9.60. The van der Waals surface area contributed by atoms with Crippen molar-refractivity contribution >= 4 is 0 Å². The lowest BCUT2D eigenvalue weighted by molar-refractivity contribution is 0.0745. The van der Waals surface area contributed by atoms with E-state index in [-0.39, 0.29) is 17.7 Å². The molecular weight excluding hydrogens is 190 g/mol. The Hall–Kier alpha value is -0.870. The predicted molar refractivity (Wildman–Crippen MR) is 58.5 cm³/mol. The molecule has 1 aliphatic rings. The Kier molecular flexibility index (Phi) is 2.56. The van der Waals surface area contributed by atoms with E-state index in [0.717, 1.165) is 18.7 Å². The fourth-order valence-electron chi connectivity index (χ4n) is 2.21. The molecule has 2 unspecified atom stereocenters. The van der Waals surface area contributed by atoms with Crippen molar-refractivity contribution in [1.82, 2.24) is 9.55 Å². The van der Waals surface area contributed by atoms with Crippen LogP contribution in [0, 0.1) is 0 Å². The molecule has 1 saturated heterocycles. The van der Waals surface area contributed by atoms with Crippen molar-refractivity contribution in [2.45, 2.75) is 44.9 Å². The van der Waals surface area contributed by atoms with Gasteiger partial charge < -0.3 is 15.0 Å². The first kappa shape index (κ1) is 10.6. The molecule has 0 amide bonds. The Morgan fingerprint density at radius 1 is 1.73 bits per heavy atom. The minimum absolute atomic E-state index is 0.000532. The van der Waals surface area contributed by atoms with Crippen LogP contribution in [0.2, 0.25) is 0 Å². The first-order valence-corrected chi connectivity index (χ1v) is 5.45. The summed E-state index contributed by atoms with van der Waals surface area (Å²) in [4.78, 5) is 4.20. The summed E-state index contributed by atoms with van der Waals surface area (Å²) in [7, 11) is 0. The molecule has 1 aromatic heterocycles. The minimum atomic E-state index is -0.000532. The van der Waals surface area contributed by atoms with Gasteiger partial charge in [0.15, 0.2) is 0 Å². The van der Waals surface area contributed by atoms with Crippen molar-refractivity contribution < 1.29 is 4.74 Å². The summed E-state index contributed by atoms with van der Waals surface area (Å²) in [6.07, 6.45) is 4.94. The number of aromatic nitrogens is 2. The van der Waals surface area contributed by atoms with Gasteiger partial charge in [0.05, 0.1) is 23.7 Å². The molecule has 2 N–H and O–H groups in total. The van der Waals surface area contributed by atoms with Gasteiger partial charge >= 0.3 is 0 Å². The second-order valence-electron chi connectivity index (χ2n) is 4.60. The lowest BCUT2D eigenvalue weighted by Crippen LogP contribution is -2.38. The molecule has 0 bridgehead atoms. The molecule has 1 aliphatic heterocycles. The average Bonchev–Trinajstić information content (AvgIpc) is 2.75. The molecule has 15 heavy (non-hydrogen) atoms. The van der Waals surface area contributed by atoms with Gasteiger partial charge in [0, 0.05) is 18.8 Å². The summed E-state index contributed by atoms with van der Waals surface area (Å²) < 4.78 is 7.81. The van der Waals surface area contributed by atoms with Crippen LogP contribution in [-0.4, -0.2) is 22.3 Å². The molecule has 1 fully saturated rings. The number of rotatable bonds is 2. The van der Waals surface area contributed by atoms with Crippen LogP contribution < -0.4 is 5.73 Å². The molecule has 4 heteroatoms. The van der Waals surface area contributed by atoms with E-state index >= 15 is 0 Å². The highest BCUT2D eigenvalue weighted by atomic mass is 16.5. The molecule has 2 rings (SSSR count). The van der Waals surface area contributed by atoms with Gasteiger partial charge in [0.2, 0.25) is 0 Å². The number of nitrogens with zero attached hydrogens (tertiary/aromatic N) is 2. The molecule has 0 saturated carbocycles. The van der Waals surface area contributed by atoms with Crippen LogP contribution in [0.3, 0.4) is 0 Å². The smallest absolute Gasteiger partial charge is 0.0954 e. The molecule has 0 spiro atoms. The SMILES string of the molecule is CC1OCCC1(C)n1cncc1[C@H](C)N. The molecule has 2 heterocycles. The first-order valence-electron chi connectivity index (χ1n) is 5.45. The maximum absolute atomic E-state index is 5.93. The van der Waals surface area contributed by atoms with Gasteiger partial charge in [-0.2, -0.15) is 0 Å². The molecule has 0 aromatic carbocycles. The number of hydrogen-bond acceptors (Lipinski definition) is 3. The lowest BCUT2D eigenvalue weighted by Gasteiger charge is -2.31. The first-order chi connectivity index (χ1) is 7.05. The molecule has 0 radical (unpaired) electrons. The third-order valence-electron chi connectivity index (χ3n) is 3.54. The second kappa shape index (κ2) is 3.61. The maximum atomic E-state index is 5.93. The van der Waals surface area contributed by atoms with E-state index in [1.54, 1.807) is 0 Å². The van der Waals surface area contributed by atoms with Crippen LogP contribution in [0.1, 0.15) is 38.9 Å². The second-order valence-corrected chi connectivity index (χ2v) is 4.60. The largest absolute Gasteiger partial charge is 0.376 e. The Balaban J connectivity index is 2.40. The Morgan fingerprint density at radius 2 is 2.47 bits per heavy atom. The van der Waals surface area contributed by atoms with E-state index in [4.69, 9.17) is 10.5 Å². The molecule has 1 aromatic rings. The fourth-order valence-corrected chi connectivity index (χ4v) is 2.21. The van der Waals surface area contributed by atoms with Crippen LogP contribution in [-0.2, 0) is 10.3 Å². The number of imidazole rings is 1. The summed E-state index contributed by atoms with van der Waals surface area (Å²) >= 11 is 0. The number of nitrogens with two attached hydrogens (primary N) is 1. The summed E-state index contributed by atoms with van der Waals surface area (Å²) in [6, 6.07) is 0.0112. The Labute approximate surface area is 90.4 Å². The molecule has 4 nitrogen and oxygen atoms in total. The Bertz CT molecular complexity index is 347. The van der Waals surface area contributed by atoms with E-state index in [1.165, 1.54) is 0 Å². The molecular formula is C11H19N3O. The normalized spacial score (nSPS) is 33.2. The van der Waals surface area contributed by atoms with Gasteiger partial charge in [-0.25, -0.2) is 4.98 Å². The number of hydrogen-bond donors (Lipinski definition) is 1. The van der Waals surface area contributed by atoms with Crippen LogP contribution in [0.4, 0.5) is 0 Å². The monoisotopic (exact) mass is 209 g/mol. The fraction of sp³-hybridized carbons (Fsp3) is 0.727. The van der Waals surface area contributed by atoms with Crippen molar-refractivity contribution in [2.75, 3.05) is 6.61 Å². The Morgan fingerprint density at radius 3 is 3.00 bits per heavy atom. The van der Waals surface area contributed by atoms with Gasteiger partial charge in [-0.05, 0) is 27.2 Å². The maximum Gasteiger partial charge on any atom is 0.0954 e. The molecule has 3 atom stereocenters. The zero-order valence-electron chi connectivity index (χ0n) is 9.60. The third kappa shape index (κ3) is 1.58. The quantitative estimate of drug-likeness (QED) is 0.801.